The molecule has 0 amide bonds. The van der Waals surface area contributed by atoms with Crippen molar-refractivity contribution < 1.29 is 23.7 Å². The van der Waals surface area contributed by atoms with E-state index < -0.39 is 0 Å². The summed E-state index contributed by atoms with van der Waals surface area (Å²) < 4.78 is 21.1. The van der Waals surface area contributed by atoms with Gasteiger partial charge in [0, 0.05) is 0 Å². The predicted molar refractivity (Wildman–Crippen MR) is 82.1 cm³/mol. The zero-order valence-electron chi connectivity index (χ0n) is 13.0. The fourth-order valence-electron chi connectivity index (χ4n) is 2.04. The number of rotatable bonds is 5. The molecule has 0 spiro atoms. The highest BCUT2D eigenvalue weighted by atomic mass is 16.5. The predicted octanol–water partition coefficient (Wildman–Crippen LogP) is 3.59. The lowest BCUT2D eigenvalue weighted by molar-refractivity contribution is 0.0600. The Morgan fingerprint density at radius 2 is 1.55 bits per heavy atom. The van der Waals surface area contributed by atoms with Gasteiger partial charge in [-0.05, 0) is 48.9 Å². The molecule has 0 bridgehead atoms. The first kappa shape index (κ1) is 15.7. The minimum absolute atomic E-state index is 0.388. The third-order valence-corrected chi connectivity index (χ3v) is 3.09. The second kappa shape index (κ2) is 6.85. The number of esters is 1. The van der Waals surface area contributed by atoms with Crippen LogP contribution in [0.3, 0.4) is 0 Å². The third kappa shape index (κ3) is 3.31. The van der Waals surface area contributed by atoms with Crippen LogP contribution in [0.25, 0.3) is 0 Å². The average molecular weight is 302 g/mol. The number of carbonyl (C=O) groups excluding carboxylic acids is 1. The van der Waals surface area contributed by atoms with E-state index in [0.717, 1.165) is 5.56 Å². The van der Waals surface area contributed by atoms with Crippen LogP contribution in [0.2, 0.25) is 0 Å². The van der Waals surface area contributed by atoms with Crippen LogP contribution in [-0.4, -0.2) is 27.3 Å². The topological polar surface area (TPSA) is 54.0 Å². The molecule has 2 aromatic rings. The Hall–Kier alpha value is -2.69. The largest absolute Gasteiger partial charge is 0.493 e. The molecular weight excluding hydrogens is 284 g/mol. The molecule has 5 heteroatoms. The quantitative estimate of drug-likeness (QED) is 0.790. The van der Waals surface area contributed by atoms with Gasteiger partial charge >= 0.3 is 5.97 Å². The highest BCUT2D eigenvalue weighted by molar-refractivity contribution is 5.89. The maximum absolute atomic E-state index is 11.4. The van der Waals surface area contributed by atoms with Gasteiger partial charge in [0.2, 0.25) is 5.75 Å². The maximum atomic E-state index is 11.4. The van der Waals surface area contributed by atoms with Gasteiger partial charge in [0.25, 0.3) is 0 Å². The molecule has 22 heavy (non-hydrogen) atoms. The van der Waals surface area contributed by atoms with Crippen LogP contribution >= 0.6 is 0 Å². The summed E-state index contributed by atoms with van der Waals surface area (Å²) in [5.41, 5.74) is 1.45. The summed E-state index contributed by atoms with van der Waals surface area (Å²) in [6.07, 6.45) is 0. The van der Waals surface area contributed by atoms with Crippen LogP contribution in [0.5, 0.6) is 23.0 Å². The molecule has 0 aliphatic rings. The second-order valence-electron chi connectivity index (χ2n) is 4.62. The standard InChI is InChI=1S/C17H18O5/c1-11-9-14(19-2)16(20-3)15(10-11)22-13-7-5-12(6-8-13)17(18)21-4/h5-10H,1-4H3. The summed E-state index contributed by atoms with van der Waals surface area (Å²) in [6, 6.07) is 10.4. The Bertz CT molecular complexity index is 661. The Kier molecular flexibility index (Phi) is 4.88. The van der Waals surface area contributed by atoms with Crippen molar-refractivity contribution in [3.8, 4) is 23.0 Å². The first-order valence-corrected chi connectivity index (χ1v) is 6.68. The van der Waals surface area contributed by atoms with Crippen molar-refractivity contribution in [3.05, 3.63) is 47.5 Å². The normalized spacial score (nSPS) is 10.0. The van der Waals surface area contributed by atoms with Gasteiger partial charge in [0.05, 0.1) is 26.9 Å². The number of benzene rings is 2. The number of hydrogen-bond acceptors (Lipinski definition) is 5. The zero-order valence-corrected chi connectivity index (χ0v) is 13.0. The van der Waals surface area contributed by atoms with Gasteiger partial charge < -0.3 is 18.9 Å². The van der Waals surface area contributed by atoms with E-state index in [9.17, 15) is 4.79 Å². The SMILES string of the molecule is COC(=O)c1ccc(Oc2cc(C)cc(OC)c2OC)cc1. The van der Waals surface area contributed by atoms with E-state index in [0.29, 0.717) is 28.6 Å². The Balaban J connectivity index is 2.30. The molecule has 5 nitrogen and oxygen atoms in total. The fourth-order valence-corrected chi connectivity index (χ4v) is 2.04. The second-order valence-corrected chi connectivity index (χ2v) is 4.62. The molecule has 2 aromatic carbocycles. The van der Waals surface area contributed by atoms with Crippen molar-refractivity contribution in [3.63, 3.8) is 0 Å². The number of methoxy groups -OCH3 is 3. The minimum Gasteiger partial charge on any atom is -0.493 e. The van der Waals surface area contributed by atoms with Gasteiger partial charge in [-0.25, -0.2) is 4.79 Å². The minimum atomic E-state index is -0.388. The van der Waals surface area contributed by atoms with Crippen molar-refractivity contribution in [1.29, 1.82) is 0 Å². The molecule has 0 heterocycles. The molecule has 116 valence electrons. The van der Waals surface area contributed by atoms with Gasteiger partial charge in [-0.1, -0.05) is 0 Å². The monoisotopic (exact) mass is 302 g/mol. The van der Waals surface area contributed by atoms with Crippen molar-refractivity contribution in [2.75, 3.05) is 21.3 Å². The van der Waals surface area contributed by atoms with E-state index in [1.165, 1.54) is 7.11 Å². The van der Waals surface area contributed by atoms with Crippen LogP contribution < -0.4 is 14.2 Å². The molecule has 0 radical (unpaired) electrons. The highest BCUT2D eigenvalue weighted by Crippen LogP contribution is 2.40. The van der Waals surface area contributed by atoms with Crippen molar-refractivity contribution in [2.45, 2.75) is 6.92 Å². The summed E-state index contributed by atoms with van der Waals surface area (Å²) in [7, 11) is 4.48. The number of carbonyl (C=O) groups is 1. The smallest absolute Gasteiger partial charge is 0.337 e. The molecule has 2 rings (SSSR count). The van der Waals surface area contributed by atoms with E-state index in [-0.39, 0.29) is 5.97 Å². The summed E-state index contributed by atoms with van der Waals surface area (Å²) >= 11 is 0. The molecule has 0 N–H and O–H groups in total. The Morgan fingerprint density at radius 3 is 2.09 bits per heavy atom. The van der Waals surface area contributed by atoms with E-state index in [4.69, 9.17) is 14.2 Å². The lowest BCUT2D eigenvalue weighted by Gasteiger charge is -2.14. The summed E-state index contributed by atoms with van der Waals surface area (Å²) in [5, 5.41) is 0. The Labute approximate surface area is 129 Å². The number of ether oxygens (including phenoxy) is 4. The number of hydrogen-bond donors (Lipinski definition) is 0. The lowest BCUT2D eigenvalue weighted by Crippen LogP contribution is -2.00. The van der Waals surface area contributed by atoms with Crippen molar-refractivity contribution >= 4 is 5.97 Å². The van der Waals surface area contributed by atoms with E-state index in [2.05, 4.69) is 4.74 Å². The lowest BCUT2D eigenvalue weighted by atomic mass is 10.2. The molecule has 0 saturated heterocycles. The third-order valence-electron chi connectivity index (χ3n) is 3.09. The Morgan fingerprint density at radius 1 is 0.909 bits per heavy atom. The molecule has 0 unspecified atom stereocenters. The van der Waals surface area contributed by atoms with Crippen molar-refractivity contribution in [2.24, 2.45) is 0 Å². The average Bonchev–Trinajstić information content (AvgIpc) is 2.54. The summed E-state index contributed by atoms with van der Waals surface area (Å²) in [6.45, 7) is 1.94. The van der Waals surface area contributed by atoms with Crippen molar-refractivity contribution in [1.82, 2.24) is 0 Å². The van der Waals surface area contributed by atoms with E-state index in [1.54, 1.807) is 38.5 Å². The zero-order chi connectivity index (χ0) is 16.1. The molecule has 0 aliphatic heterocycles. The first-order chi connectivity index (χ1) is 10.6. The maximum Gasteiger partial charge on any atom is 0.337 e. The number of aryl methyl sites for hydroxylation is 1. The van der Waals surface area contributed by atoms with Gasteiger partial charge in [-0.15, -0.1) is 0 Å². The van der Waals surface area contributed by atoms with Crippen LogP contribution in [0.15, 0.2) is 36.4 Å². The fraction of sp³-hybridized carbons (Fsp3) is 0.235. The molecule has 0 aromatic heterocycles. The van der Waals surface area contributed by atoms with Crippen LogP contribution in [0.4, 0.5) is 0 Å². The summed E-state index contributed by atoms with van der Waals surface area (Å²) in [4.78, 5) is 11.4. The molecule has 0 fully saturated rings. The van der Waals surface area contributed by atoms with E-state index in [1.807, 2.05) is 19.1 Å². The molecular formula is C17H18O5. The van der Waals surface area contributed by atoms with Gasteiger partial charge in [-0.3, -0.25) is 0 Å². The van der Waals surface area contributed by atoms with Crippen LogP contribution in [0, 0.1) is 6.92 Å². The highest BCUT2D eigenvalue weighted by Gasteiger charge is 2.14. The van der Waals surface area contributed by atoms with Crippen LogP contribution in [-0.2, 0) is 4.74 Å². The molecule has 0 aliphatic carbocycles. The molecule has 0 atom stereocenters. The van der Waals surface area contributed by atoms with Gasteiger partial charge in [0.15, 0.2) is 11.5 Å². The van der Waals surface area contributed by atoms with Crippen LogP contribution in [0.1, 0.15) is 15.9 Å². The molecule has 0 saturated carbocycles. The van der Waals surface area contributed by atoms with Gasteiger partial charge in [0.1, 0.15) is 5.75 Å². The van der Waals surface area contributed by atoms with E-state index >= 15 is 0 Å². The first-order valence-electron chi connectivity index (χ1n) is 6.68. The van der Waals surface area contributed by atoms with Gasteiger partial charge in [-0.2, -0.15) is 0 Å². The summed E-state index contributed by atoms with van der Waals surface area (Å²) in [5.74, 6) is 1.86.